The fourth-order valence-corrected chi connectivity index (χ4v) is 3.26. The van der Waals surface area contributed by atoms with Crippen molar-refractivity contribution in [2.75, 3.05) is 7.11 Å². The summed E-state index contributed by atoms with van der Waals surface area (Å²) in [6.45, 7) is 3.79. The average molecular weight is 460 g/mol. The van der Waals surface area contributed by atoms with Crippen LogP contribution in [-0.4, -0.2) is 34.8 Å². The standard InChI is InChI=1S/C25H24N4O5/c1-16(2)34-22-12-11-17(14-23(22)32-3)24(30)26-27-25(31)20-15-19(21-10-7-13-33-21)28-29(20)18-8-5-4-6-9-18/h4-16H,1-3H3,(H,26,30)(H,27,31). The first-order valence-electron chi connectivity index (χ1n) is 10.6. The number of amides is 2. The Morgan fingerprint density at radius 2 is 1.71 bits per heavy atom. The molecule has 9 heteroatoms. The number of nitrogens with one attached hydrogen (secondary N) is 2. The van der Waals surface area contributed by atoms with E-state index in [1.165, 1.54) is 18.1 Å². The SMILES string of the molecule is COc1cc(C(=O)NNC(=O)c2cc(-c3ccco3)nn2-c2ccccc2)ccc1OC(C)C. The maximum atomic E-state index is 13.0. The van der Waals surface area contributed by atoms with Crippen LogP contribution in [0.2, 0.25) is 0 Å². The molecule has 0 atom stereocenters. The summed E-state index contributed by atoms with van der Waals surface area (Å²) >= 11 is 0. The van der Waals surface area contributed by atoms with E-state index in [4.69, 9.17) is 13.9 Å². The highest BCUT2D eigenvalue weighted by molar-refractivity contribution is 5.99. The normalized spacial score (nSPS) is 10.7. The van der Waals surface area contributed by atoms with E-state index in [-0.39, 0.29) is 11.8 Å². The lowest BCUT2D eigenvalue weighted by atomic mass is 10.2. The third-order valence-electron chi connectivity index (χ3n) is 4.79. The van der Waals surface area contributed by atoms with Gasteiger partial charge in [-0.3, -0.25) is 20.4 Å². The molecule has 2 aromatic carbocycles. The second-order valence-corrected chi connectivity index (χ2v) is 7.58. The predicted octanol–water partition coefficient (Wildman–Crippen LogP) is 4.00. The lowest BCUT2D eigenvalue weighted by molar-refractivity contribution is 0.0842. The zero-order chi connectivity index (χ0) is 24.1. The molecule has 34 heavy (non-hydrogen) atoms. The van der Waals surface area contributed by atoms with Gasteiger partial charge >= 0.3 is 0 Å². The van der Waals surface area contributed by atoms with E-state index >= 15 is 0 Å². The molecule has 0 fully saturated rings. The van der Waals surface area contributed by atoms with Crippen LogP contribution in [-0.2, 0) is 0 Å². The number of hydrogen-bond acceptors (Lipinski definition) is 6. The van der Waals surface area contributed by atoms with Crippen LogP contribution in [0.5, 0.6) is 11.5 Å². The molecule has 0 saturated carbocycles. The van der Waals surface area contributed by atoms with Crippen molar-refractivity contribution in [3.05, 3.63) is 84.3 Å². The largest absolute Gasteiger partial charge is 0.493 e. The third kappa shape index (κ3) is 4.93. The molecule has 0 unspecified atom stereocenters. The van der Waals surface area contributed by atoms with E-state index in [2.05, 4.69) is 16.0 Å². The Morgan fingerprint density at radius 1 is 0.941 bits per heavy atom. The minimum Gasteiger partial charge on any atom is -0.493 e. The second-order valence-electron chi connectivity index (χ2n) is 7.58. The molecule has 0 bridgehead atoms. The molecule has 2 heterocycles. The molecule has 2 N–H and O–H groups in total. The molecule has 2 aromatic heterocycles. The summed E-state index contributed by atoms with van der Waals surface area (Å²) in [6.07, 6.45) is 1.48. The lowest BCUT2D eigenvalue weighted by Gasteiger charge is -2.14. The number of aromatic nitrogens is 2. The van der Waals surface area contributed by atoms with Crippen LogP contribution in [0, 0.1) is 0 Å². The quantitative estimate of drug-likeness (QED) is 0.404. The Morgan fingerprint density at radius 3 is 2.38 bits per heavy atom. The molecule has 0 spiro atoms. The van der Waals surface area contributed by atoms with Gasteiger partial charge in [0.05, 0.1) is 25.2 Å². The average Bonchev–Trinajstić information content (AvgIpc) is 3.53. The number of para-hydroxylation sites is 1. The Hall–Kier alpha value is -4.53. The van der Waals surface area contributed by atoms with Crippen molar-refractivity contribution >= 4 is 11.8 Å². The Bertz CT molecular complexity index is 1280. The van der Waals surface area contributed by atoms with Crippen molar-refractivity contribution < 1.29 is 23.5 Å². The summed E-state index contributed by atoms with van der Waals surface area (Å²) < 4.78 is 17.9. The molecule has 0 aliphatic carbocycles. The Kier molecular flexibility index (Phi) is 6.63. The van der Waals surface area contributed by atoms with E-state index < -0.39 is 11.8 Å². The van der Waals surface area contributed by atoms with Crippen molar-refractivity contribution in [2.45, 2.75) is 20.0 Å². The van der Waals surface area contributed by atoms with Crippen molar-refractivity contribution in [2.24, 2.45) is 0 Å². The van der Waals surface area contributed by atoms with Crippen LogP contribution in [0.3, 0.4) is 0 Å². The van der Waals surface area contributed by atoms with Gasteiger partial charge in [0.15, 0.2) is 17.3 Å². The zero-order valence-corrected chi connectivity index (χ0v) is 18.9. The number of carbonyl (C=O) groups is 2. The predicted molar refractivity (Wildman–Crippen MR) is 125 cm³/mol. The Labute approximate surface area is 196 Å². The summed E-state index contributed by atoms with van der Waals surface area (Å²) in [6, 6.07) is 19.1. The fourth-order valence-electron chi connectivity index (χ4n) is 3.26. The van der Waals surface area contributed by atoms with Crippen LogP contribution in [0.4, 0.5) is 0 Å². The summed E-state index contributed by atoms with van der Waals surface area (Å²) in [5, 5.41) is 4.50. The van der Waals surface area contributed by atoms with Gasteiger partial charge in [-0.15, -0.1) is 0 Å². The molecule has 0 saturated heterocycles. The van der Waals surface area contributed by atoms with E-state index in [1.807, 2.05) is 44.2 Å². The Balaban J connectivity index is 1.53. The van der Waals surface area contributed by atoms with Gasteiger partial charge in [-0.25, -0.2) is 4.68 Å². The van der Waals surface area contributed by atoms with Crippen LogP contribution in [0.15, 0.2) is 77.4 Å². The molecular weight excluding hydrogens is 436 g/mol. The number of hydrogen-bond donors (Lipinski definition) is 2. The second kappa shape index (κ2) is 9.95. The van der Waals surface area contributed by atoms with Crippen LogP contribution >= 0.6 is 0 Å². The fraction of sp³-hybridized carbons (Fsp3) is 0.160. The minimum absolute atomic E-state index is 0.0478. The van der Waals surface area contributed by atoms with Gasteiger partial charge in [0, 0.05) is 11.6 Å². The van der Waals surface area contributed by atoms with Gasteiger partial charge in [-0.2, -0.15) is 5.10 Å². The number of carbonyl (C=O) groups excluding carboxylic acids is 2. The van der Waals surface area contributed by atoms with Gasteiger partial charge in [-0.1, -0.05) is 18.2 Å². The van der Waals surface area contributed by atoms with Crippen LogP contribution < -0.4 is 20.3 Å². The first-order chi connectivity index (χ1) is 16.5. The molecule has 9 nitrogen and oxygen atoms in total. The maximum absolute atomic E-state index is 13.0. The van der Waals surface area contributed by atoms with Gasteiger partial charge in [-0.05, 0) is 56.3 Å². The highest BCUT2D eigenvalue weighted by Crippen LogP contribution is 2.29. The van der Waals surface area contributed by atoms with Crippen molar-refractivity contribution in [1.29, 1.82) is 0 Å². The smallest absolute Gasteiger partial charge is 0.288 e. The summed E-state index contributed by atoms with van der Waals surface area (Å²) in [4.78, 5) is 25.7. The van der Waals surface area contributed by atoms with Crippen molar-refractivity contribution in [3.8, 4) is 28.6 Å². The highest BCUT2D eigenvalue weighted by Gasteiger charge is 2.20. The zero-order valence-electron chi connectivity index (χ0n) is 18.9. The van der Waals surface area contributed by atoms with Crippen LogP contribution in [0.1, 0.15) is 34.7 Å². The number of nitrogens with zero attached hydrogens (tertiary/aromatic N) is 2. The topological polar surface area (TPSA) is 108 Å². The van der Waals surface area contributed by atoms with E-state index in [9.17, 15) is 9.59 Å². The monoisotopic (exact) mass is 460 g/mol. The van der Waals surface area contributed by atoms with Gasteiger partial charge in [0.1, 0.15) is 11.4 Å². The number of methoxy groups -OCH3 is 1. The summed E-state index contributed by atoms with van der Waals surface area (Å²) in [7, 11) is 1.49. The van der Waals surface area contributed by atoms with Gasteiger partial charge < -0.3 is 13.9 Å². The van der Waals surface area contributed by atoms with Crippen molar-refractivity contribution in [1.82, 2.24) is 20.6 Å². The number of ether oxygens (including phenoxy) is 2. The molecule has 0 aliphatic rings. The van der Waals surface area contributed by atoms with Crippen LogP contribution in [0.25, 0.3) is 17.1 Å². The molecule has 4 rings (SSSR count). The van der Waals surface area contributed by atoms with Crippen molar-refractivity contribution in [3.63, 3.8) is 0 Å². The summed E-state index contributed by atoms with van der Waals surface area (Å²) in [5.74, 6) is 0.394. The van der Waals surface area contributed by atoms with E-state index in [0.717, 1.165) is 0 Å². The number of furan rings is 1. The molecule has 2 amide bonds. The minimum atomic E-state index is -0.547. The molecule has 0 aliphatic heterocycles. The maximum Gasteiger partial charge on any atom is 0.288 e. The molecular formula is C25H24N4O5. The lowest BCUT2D eigenvalue weighted by Crippen LogP contribution is -2.42. The summed E-state index contributed by atoms with van der Waals surface area (Å²) in [5.41, 5.74) is 6.56. The molecule has 4 aromatic rings. The number of hydrazine groups is 1. The number of rotatable bonds is 7. The highest BCUT2D eigenvalue weighted by atomic mass is 16.5. The van der Waals surface area contributed by atoms with E-state index in [0.29, 0.717) is 34.2 Å². The third-order valence-corrected chi connectivity index (χ3v) is 4.79. The van der Waals surface area contributed by atoms with Gasteiger partial charge in [0.25, 0.3) is 11.8 Å². The van der Waals surface area contributed by atoms with Gasteiger partial charge in [0.2, 0.25) is 0 Å². The van der Waals surface area contributed by atoms with E-state index in [1.54, 1.807) is 36.4 Å². The first-order valence-corrected chi connectivity index (χ1v) is 10.6. The molecule has 174 valence electrons. The molecule has 0 radical (unpaired) electrons. The number of benzene rings is 2. The first kappa shape index (κ1) is 22.7.